The first-order valence-corrected chi connectivity index (χ1v) is 8.88. The van der Waals surface area contributed by atoms with Crippen molar-refractivity contribution in [3.8, 4) is 5.75 Å². The molecule has 0 amide bonds. The molecule has 0 N–H and O–H groups in total. The summed E-state index contributed by atoms with van der Waals surface area (Å²) >= 11 is 6.07. The van der Waals surface area contributed by atoms with Crippen molar-refractivity contribution in [2.24, 2.45) is 0 Å². The third-order valence-electron chi connectivity index (χ3n) is 3.13. The van der Waals surface area contributed by atoms with E-state index in [9.17, 15) is 13.2 Å². The van der Waals surface area contributed by atoms with Crippen LogP contribution in [0.2, 0.25) is 5.02 Å². The molecule has 0 fully saturated rings. The number of hydrogen-bond acceptors (Lipinski definition) is 5. The van der Waals surface area contributed by atoms with Crippen molar-refractivity contribution in [3.63, 3.8) is 0 Å². The smallest absolute Gasteiger partial charge is 0.339 e. The molecule has 23 heavy (non-hydrogen) atoms. The molecule has 0 radical (unpaired) electrons. The molecule has 0 spiro atoms. The number of halogens is 1. The van der Waals surface area contributed by atoms with Gasteiger partial charge in [0.2, 0.25) is 0 Å². The van der Waals surface area contributed by atoms with Crippen molar-refractivity contribution in [1.29, 1.82) is 0 Å². The summed E-state index contributed by atoms with van der Waals surface area (Å²) in [7, 11) is -2.00. The first-order valence-electron chi connectivity index (χ1n) is 6.61. The molecule has 0 atom stereocenters. The van der Waals surface area contributed by atoms with Crippen LogP contribution in [-0.2, 0) is 21.2 Å². The van der Waals surface area contributed by atoms with E-state index in [0.717, 1.165) is 6.26 Å². The van der Waals surface area contributed by atoms with E-state index in [1.807, 2.05) is 0 Å². The maximum absolute atomic E-state index is 12.2. The zero-order valence-electron chi connectivity index (χ0n) is 12.6. The second-order valence-corrected chi connectivity index (χ2v) is 7.19. The van der Waals surface area contributed by atoms with Gasteiger partial charge in [-0.2, -0.15) is 0 Å². The van der Waals surface area contributed by atoms with Crippen molar-refractivity contribution in [3.05, 3.63) is 58.6 Å². The molecule has 0 saturated carbocycles. The minimum atomic E-state index is -3.52. The van der Waals surface area contributed by atoms with Gasteiger partial charge in [-0.25, -0.2) is 13.2 Å². The van der Waals surface area contributed by atoms with Gasteiger partial charge in [-0.15, -0.1) is 0 Å². The van der Waals surface area contributed by atoms with Crippen LogP contribution < -0.4 is 4.74 Å². The molecule has 0 aliphatic rings. The van der Waals surface area contributed by atoms with Crippen LogP contribution in [0.4, 0.5) is 0 Å². The highest BCUT2D eigenvalue weighted by molar-refractivity contribution is 7.90. The lowest BCUT2D eigenvalue weighted by Crippen LogP contribution is -2.11. The lowest BCUT2D eigenvalue weighted by atomic mass is 10.2. The third kappa shape index (κ3) is 4.24. The Kier molecular flexibility index (Phi) is 5.28. The monoisotopic (exact) mass is 354 g/mol. The molecule has 2 rings (SSSR count). The van der Waals surface area contributed by atoms with Crippen LogP contribution in [0, 0.1) is 0 Å². The maximum Gasteiger partial charge on any atom is 0.339 e. The number of rotatable bonds is 5. The van der Waals surface area contributed by atoms with E-state index in [0.29, 0.717) is 16.3 Å². The summed E-state index contributed by atoms with van der Waals surface area (Å²) in [6, 6.07) is 10.9. The number of sulfone groups is 1. The number of carbonyl (C=O) groups is 1. The van der Waals surface area contributed by atoms with Crippen LogP contribution >= 0.6 is 11.6 Å². The Balaban J connectivity index is 2.18. The van der Waals surface area contributed by atoms with Gasteiger partial charge >= 0.3 is 5.97 Å². The molecule has 7 heteroatoms. The first kappa shape index (κ1) is 17.3. The average molecular weight is 355 g/mol. The van der Waals surface area contributed by atoms with Crippen molar-refractivity contribution in [1.82, 2.24) is 0 Å². The predicted molar refractivity (Wildman–Crippen MR) is 86.7 cm³/mol. The Morgan fingerprint density at radius 3 is 2.48 bits per heavy atom. The number of benzene rings is 2. The Morgan fingerprint density at radius 2 is 1.87 bits per heavy atom. The van der Waals surface area contributed by atoms with E-state index < -0.39 is 15.8 Å². The maximum atomic E-state index is 12.2. The van der Waals surface area contributed by atoms with Gasteiger partial charge in [-0.1, -0.05) is 29.8 Å². The van der Waals surface area contributed by atoms with E-state index in [1.54, 1.807) is 30.3 Å². The summed E-state index contributed by atoms with van der Waals surface area (Å²) in [6.45, 7) is -0.0697. The standard InChI is InChI=1S/C16H15ClO5S/c1-21-12-8-7-11(14(17)9-12)10-22-16(18)13-5-3-4-6-15(13)23(2,19)20/h3-9H,10H2,1-2H3. The molecule has 0 aliphatic carbocycles. The Morgan fingerprint density at radius 1 is 1.17 bits per heavy atom. The average Bonchev–Trinajstić information content (AvgIpc) is 2.52. The SMILES string of the molecule is COc1ccc(COC(=O)c2ccccc2S(C)(=O)=O)c(Cl)c1. The van der Waals surface area contributed by atoms with Crippen molar-refractivity contribution in [2.75, 3.05) is 13.4 Å². The van der Waals surface area contributed by atoms with Gasteiger partial charge in [0.15, 0.2) is 9.84 Å². The molecule has 5 nitrogen and oxygen atoms in total. The normalized spacial score (nSPS) is 11.1. The Bertz CT molecular complexity index is 830. The molecule has 0 heterocycles. The second-order valence-electron chi connectivity index (χ2n) is 4.80. The number of hydrogen-bond donors (Lipinski definition) is 0. The number of ether oxygens (including phenoxy) is 2. The van der Waals surface area contributed by atoms with Crippen LogP contribution in [0.15, 0.2) is 47.4 Å². The van der Waals surface area contributed by atoms with E-state index in [1.165, 1.54) is 19.2 Å². The quantitative estimate of drug-likeness (QED) is 0.771. The summed E-state index contributed by atoms with van der Waals surface area (Å²) in [4.78, 5) is 12.1. The number of esters is 1. The molecule has 0 saturated heterocycles. The van der Waals surface area contributed by atoms with Crippen LogP contribution in [-0.4, -0.2) is 27.8 Å². The van der Waals surface area contributed by atoms with E-state index in [-0.39, 0.29) is 17.1 Å². The van der Waals surface area contributed by atoms with Gasteiger partial charge in [0, 0.05) is 11.8 Å². The molecule has 2 aromatic carbocycles. The molecule has 2 aromatic rings. The van der Waals surface area contributed by atoms with Crippen molar-refractivity contribution < 1.29 is 22.7 Å². The van der Waals surface area contributed by atoms with Crippen LogP contribution in [0.1, 0.15) is 15.9 Å². The summed E-state index contributed by atoms with van der Waals surface area (Å²) in [5.41, 5.74) is 0.595. The van der Waals surface area contributed by atoms with Crippen LogP contribution in [0.5, 0.6) is 5.75 Å². The fraction of sp³-hybridized carbons (Fsp3) is 0.188. The van der Waals surface area contributed by atoms with E-state index in [4.69, 9.17) is 21.1 Å². The molecule has 0 bridgehead atoms. The molecule has 0 aliphatic heterocycles. The molecular weight excluding hydrogens is 340 g/mol. The number of carbonyl (C=O) groups excluding carboxylic acids is 1. The highest BCUT2D eigenvalue weighted by Gasteiger charge is 2.19. The highest BCUT2D eigenvalue weighted by Crippen LogP contribution is 2.24. The lowest BCUT2D eigenvalue weighted by molar-refractivity contribution is 0.0468. The van der Waals surface area contributed by atoms with Crippen LogP contribution in [0.3, 0.4) is 0 Å². The number of methoxy groups -OCH3 is 1. The van der Waals surface area contributed by atoms with Crippen molar-refractivity contribution in [2.45, 2.75) is 11.5 Å². The predicted octanol–water partition coefficient (Wildman–Crippen LogP) is 3.11. The van der Waals surface area contributed by atoms with Gasteiger partial charge in [0.25, 0.3) is 0 Å². The van der Waals surface area contributed by atoms with Crippen molar-refractivity contribution >= 4 is 27.4 Å². The second kappa shape index (κ2) is 7.02. The van der Waals surface area contributed by atoms with Gasteiger partial charge in [-0.3, -0.25) is 0 Å². The summed E-state index contributed by atoms with van der Waals surface area (Å²) in [6.07, 6.45) is 1.04. The Hall–Kier alpha value is -2.05. The van der Waals surface area contributed by atoms with E-state index >= 15 is 0 Å². The van der Waals surface area contributed by atoms with E-state index in [2.05, 4.69) is 0 Å². The molecule has 0 aromatic heterocycles. The minimum absolute atomic E-state index is 0.000339. The zero-order chi connectivity index (χ0) is 17.0. The zero-order valence-corrected chi connectivity index (χ0v) is 14.1. The first-order chi connectivity index (χ1) is 10.8. The topological polar surface area (TPSA) is 69.7 Å². The fourth-order valence-corrected chi connectivity index (χ4v) is 3.05. The molecule has 0 unspecified atom stereocenters. The minimum Gasteiger partial charge on any atom is -0.497 e. The van der Waals surface area contributed by atoms with Gasteiger partial charge < -0.3 is 9.47 Å². The largest absolute Gasteiger partial charge is 0.497 e. The van der Waals surface area contributed by atoms with Gasteiger partial charge in [0.05, 0.1) is 22.6 Å². The summed E-state index contributed by atoms with van der Waals surface area (Å²) < 4.78 is 33.6. The lowest BCUT2D eigenvalue weighted by Gasteiger charge is -2.10. The van der Waals surface area contributed by atoms with Gasteiger partial charge in [0.1, 0.15) is 12.4 Å². The fourth-order valence-electron chi connectivity index (χ4n) is 1.95. The third-order valence-corrected chi connectivity index (χ3v) is 4.63. The Labute approximate surface area is 139 Å². The summed E-state index contributed by atoms with van der Waals surface area (Å²) in [5.74, 6) is -0.134. The van der Waals surface area contributed by atoms with Gasteiger partial charge in [-0.05, 0) is 24.3 Å². The summed E-state index contributed by atoms with van der Waals surface area (Å²) in [5, 5.41) is 0.397. The molecule has 122 valence electrons. The molecular formula is C16H15ClO5S. The van der Waals surface area contributed by atoms with Crippen LogP contribution in [0.25, 0.3) is 0 Å². The highest BCUT2D eigenvalue weighted by atomic mass is 35.5.